The van der Waals surface area contributed by atoms with Gasteiger partial charge in [-0.05, 0) is 28.1 Å². The number of aromatic nitrogens is 2. The van der Waals surface area contributed by atoms with E-state index in [1.165, 1.54) is 0 Å². The zero-order chi connectivity index (χ0) is 10.7. The van der Waals surface area contributed by atoms with Crippen LogP contribution in [0.25, 0.3) is 0 Å². The second-order valence-corrected chi connectivity index (χ2v) is 3.92. The molecule has 0 bridgehead atoms. The molecule has 14 heavy (non-hydrogen) atoms. The van der Waals surface area contributed by atoms with E-state index in [0.29, 0.717) is 5.15 Å². The van der Waals surface area contributed by atoms with Crippen molar-refractivity contribution in [1.82, 2.24) is 20.2 Å². The Labute approximate surface area is 89.7 Å². The summed E-state index contributed by atoms with van der Waals surface area (Å²) in [6, 6.07) is 0.230. The number of hydrogen-bond donors (Lipinski definition) is 2. The summed E-state index contributed by atoms with van der Waals surface area (Å²) in [5.41, 5.74) is 0.975. The van der Waals surface area contributed by atoms with Gasteiger partial charge < -0.3 is 10.3 Å². The molecule has 0 radical (unpaired) electrons. The Kier molecular flexibility index (Phi) is 3.92. The summed E-state index contributed by atoms with van der Waals surface area (Å²) in [4.78, 5) is 9.44. The zero-order valence-corrected chi connectivity index (χ0v) is 9.81. The average molecular weight is 217 g/mol. The molecule has 2 N–H and O–H groups in total. The highest BCUT2D eigenvalue weighted by atomic mass is 35.5. The van der Waals surface area contributed by atoms with E-state index in [1.54, 1.807) is 0 Å². The second-order valence-electron chi connectivity index (χ2n) is 3.56. The summed E-state index contributed by atoms with van der Waals surface area (Å²) < 4.78 is 0. The van der Waals surface area contributed by atoms with Crippen LogP contribution in [0.4, 0.5) is 0 Å². The van der Waals surface area contributed by atoms with Crippen LogP contribution in [0.3, 0.4) is 0 Å². The summed E-state index contributed by atoms with van der Waals surface area (Å²) in [6.07, 6.45) is 0. The van der Waals surface area contributed by atoms with Crippen LogP contribution in [0.2, 0.25) is 5.15 Å². The van der Waals surface area contributed by atoms with Crippen molar-refractivity contribution in [3.63, 3.8) is 0 Å². The van der Waals surface area contributed by atoms with Crippen molar-refractivity contribution < 1.29 is 0 Å². The number of nitrogens with one attached hydrogen (secondary N) is 2. The van der Waals surface area contributed by atoms with E-state index < -0.39 is 0 Å². The Bertz CT molecular complexity index is 295. The fourth-order valence-corrected chi connectivity index (χ4v) is 1.74. The minimum Gasteiger partial charge on any atom is -0.343 e. The molecule has 5 heteroatoms. The van der Waals surface area contributed by atoms with Crippen molar-refractivity contribution in [3.8, 4) is 0 Å². The predicted octanol–water partition coefficient (Wildman–Crippen LogP) is 1.19. The van der Waals surface area contributed by atoms with Crippen LogP contribution in [0.1, 0.15) is 17.6 Å². The third kappa shape index (κ3) is 2.47. The maximum Gasteiger partial charge on any atom is 0.152 e. The smallest absolute Gasteiger partial charge is 0.152 e. The summed E-state index contributed by atoms with van der Waals surface area (Å²) in [5, 5.41) is 3.70. The third-order valence-corrected chi connectivity index (χ3v) is 2.45. The quantitative estimate of drug-likeness (QED) is 0.795. The van der Waals surface area contributed by atoms with Gasteiger partial charge in [-0.3, -0.25) is 4.90 Å². The maximum absolute atomic E-state index is 6.02. The Balaban J connectivity index is 2.92. The van der Waals surface area contributed by atoms with Gasteiger partial charge >= 0.3 is 0 Å². The highest BCUT2D eigenvalue weighted by Crippen LogP contribution is 2.23. The molecule has 1 aromatic heterocycles. The van der Waals surface area contributed by atoms with E-state index in [0.717, 1.165) is 18.1 Å². The van der Waals surface area contributed by atoms with Gasteiger partial charge in [0.2, 0.25) is 0 Å². The van der Waals surface area contributed by atoms with Crippen molar-refractivity contribution in [3.05, 3.63) is 16.7 Å². The Hall–Kier alpha value is -0.580. The Morgan fingerprint density at radius 1 is 1.57 bits per heavy atom. The molecule has 0 aromatic carbocycles. The second kappa shape index (κ2) is 4.77. The van der Waals surface area contributed by atoms with Crippen LogP contribution in [0.15, 0.2) is 0 Å². The van der Waals surface area contributed by atoms with Gasteiger partial charge in [0.15, 0.2) is 5.15 Å². The number of aryl methyl sites for hydroxylation is 1. The molecule has 0 aliphatic rings. The topological polar surface area (TPSA) is 44.0 Å². The number of rotatable bonds is 4. The molecule has 0 fully saturated rings. The molecule has 1 unspecified atom stereocenters. The first-order valence-corrected chi connectivity index (χ1v) is 4.97. The zero-order valence-electron chi connectivity index (χ0n) is 9.06. The summed E-state index contributed by atoms with van der Waals surface area (Å²) in [7, 11) is 5.97. The van der Waals surface area contributed by atoms with Crippen LogP contribution >= 0.6 is 11.6 Å². The molecule has 1 rings (SSSR count). The van der Waals surface area contributed by atoms with Crippen LogP contribution in [0.5, 0.6) is 0 Å². The van der Waals surface area contributed by atoms with Crippen molar-refractivity contribution in [2.45, 2.75) is 13.0 Å². The minimum atomic E-state index is 0.230. The van der Waals surface area contributed by atoms with Gasteiger partial charge in [0.25, 0.3) is 0 Å². The van der Waals surface area contributed by atoms with Gasteiger partial charge in [-0.25, -0.2) is 4.98 Å². The van der Waals surface area contributed by atoms with Crippen molar-refractivity contribution in [2.75, 3.05) is 27.7 Å². The average Bonchev–Trinajstić information content (AvgIpc) is 2.40. The lowest BCUT2D eigenvalue weighted by Crippen LogP contribution is -2.29. The highest BCUT2D eigenvalue weighted by molar-refractivity contribution is 6.30. The Morgan fingerprint density at radius 3 is 2.57 bits per heavy atom. The van der Waals surface area contributed by atoms with Gasteiger partial charge in [0.1, 0.15) is 5.82 Å². The molecule has 0 amide bonds. The first-order chi connectivity index (χ1) is 6.56. The normalized spacial score (nSPS) is 13.6. The SMILES string of the molecule is CNCC(c1[nH]c(C)nc1Cl)N(C)C. The Morgan fingerprint density at radius 2 is 2.21 bits per heavy atom. The first kappa shape index (κ1) is 11.5. The van der Waals surface area contributed by atoms with E-state index in [1.807, 2.05) is 28.1 Å². The lowest BCUT2D eigenvalue weighted by molar-refractivity contribution is 0.289. The highest BCUT2D eigenvalue weighted by Gasteiger charge is 2.19. The lowest BCUT2D eigenvalue weighted by atomic mass is 10.2. The molecule has 0 saturated heterocycles. The van der Waals surface area contributed by atoms with Crippen LogP contribution in [-0.2, 0) is 0 Å². The molecule has 80 valence electrons. The molecule has 0 aliphatic carbocycles. The molecule has 0 saturated carbocycles. The van der Waals surface area contributed by atoms with Gasteiger partial charge in [-0.15, -0.1) is 0 Å². The number of imidazole rings is 1. The monoisotopic (exact) mass is 216 g/mol. The molecule has 1 aromatic rings. The number of likely N-dealkylation sites (N-methyl/N-ethyl adjacent to an activating group) is 2. The van der Waals surface area contributed by atoms with Crippen LogP contribution < -0.4 is 5.32 Å². The number of nitrogens with zero attached hydrogens (tertiary/aromatic N) is 2. The van der Waals surface area contributed by atoms with E-state index in [2.05, 4.69) is 20.2 Å². The lowest BCUT2D eigenvalue weighted by Gasteiger charge is -2.22. The van der Waals surface area contributed by atoms with Gasteiger partial charge in [0.05, 0.1) is 11.7 Å². The first-order valence-electron chi connectivity index (χ1n) is 4.59. The fraction of sp³-hybridized carbons (Fsp3) is 0.667. The number of H-pyrrole nitrogens is 1. The molecule has 1 heterocycles. The predicted molar refractivity (Wildman–Crippen MR) is 58.7 cm³/mol. The van der Waals surface area contributed by atoms with E-state index >= 15 is 0 Å². The largest absolute Gasteiger partial charge is 0.343 e. The van der Waals surface area contributed by atoms with Crippen molar-refractivity contribution in [1.29, 1.82) is 0 Å². The number of halogens is 1. The number of hydrogen-bond acceptors (Lipinski definition) is 3. The van der Waals surface area contributed by atoms with Crippen molar-refractivity contribution in [2.24, 2.45) is 0 Å². The summed E-state index contributed by atoms with van der Waals surface area (Å²) in [6.45, 7) is 2.75. The summed E-state index contributed by atoms with van der Waals surface area (Å²) in [5.74, 6) is 0.855. The fourth-order valence-electron chi connectivity index (χ4n) is 1.44. The minimum absolute atomic E-state index is 0.230. The number of aromatic amines is 1. The molecular formula is C9H17ClN4. The van der Waals surface area contributed by atoms with E-state index in [-0.39, 0.29) is 6.04 Å². The molecular weight excluding hydrogens is 200 g/mol. The summed E-state index contributed by atoms with van der Waals surface area (Å²) >= 11 is 6.02. The third-order valence-electron chi connectivity index (χ3n) is 2.16. The molecule has 0 aliphatic heterocycles. The van der Waals surface area contributed by atoms with Gasteiger partial charge in [-0.2, -0.15) is 0 Å². The van der Waals surface area contributed by atoms with E-state index in [4.69, 9.17) is 11.6 Å². The van der Waals surface area contributed by atoms with Crippen LogP contribution in [0, 0.1) is 6.92 Å². The van der Waals surface area contributed by atoms with Gasteiger partial charge in [-0.1, -0.05) is 11.6 Å². The van der Waals surface area contributed by atoms with Crippen molar-refractivity contribution >= 4 is 11.6 Å². The molecule has 4 nitrogen and oxygen atoms in total. The molecule has 1 atom stereocenters. The maximum atomic E-state index is 6.02. The standard InChI is InChI=1S/C9H17ClN4/c1-6-12-8(9(10)13-6)7(5-11-2)14(3)4/h7,11H,5H2,1-4H3,(H,12,13). The van der Waals surface area contributed by atoms with E-state index in [9.17, 15) is 0 Å². The van der Waals surface area contributed by atoms with Gasteiger partial charge in [0, 0.05) is 6.54 Å². The van der Waals surface area contributed by atoms with Crippen LogP contribution in [-0.4, -0.2) is 42.6 Å². The molecule has 0 spiro atoms.